The summed E-state index contributed by atoms with van der Waals surface area (Å²) in [5.74, 6) is 0. The average molecular weight is 153 g/mol. The van der Waals surface area contributed by atoms with E-state index in [-0.39, 0.29) is 51.4 Å². The number of nitrogens with zero attached hydrogens (tertiary/aromatic N) is 1. The van der Waals surface area contributed by atoms with E-state index in [1.165, 1.54) is 0 Å². The van der Waals surface area contributed by atoms with Crippen LogP contribution in [0.25, 0.3) is 5.32 Å². The minimum atomic E-state index is 0. The zero-order chi connectivity index (χ0) is 5.82. The first-order chi connectivity index (χ1) is 3.93. The van der Waals surface area contributed by atoms with Crippen molar-refractivity contribution in [1.29, 1.82) is 0 Å². The van der Waals surface area contributed by atoms with Crippen molar-refractivity contribution >= 4 is 0 Å². The fraction of sp³-hybridized carbons (Fsp3) is 1.00. The summed E-state index contributed by atoms with van der Waals surface area (Å²) in [4.78, 5) is 0. The molecule has 0 N–H and O–H groups in total. The molecule has 3 heteroatoms. The molecule has 0 aliphatic carbocycles. The van der Waals surface area contributed by atoms with Gasteiger partial charge in [-0.15, -0.1) is 13.1 Å². The van der Waals surface area contributed by atoms with Gasteiger partial charge in [-0.05, 0) is 12.8 Å². The van der Waals surface area contributed by atoms with Crippen molar-refractivity contribution in [2.24, 2.45) is 0 Å². The van der Waals surface area contributed by atoms with Crippen molar-refractivity contribution in [3.05, 3.63) is 5.32 Å². The third kappa shape index (κ3) is 4.09. The molecule has 1 aliphatic rings. The molecule has 0 radical (unpaired) electrons. The van der Waals surface area contributed by atoms with E-state index < -0.39 is 0 Å². The molecule has 1 rings (SSSR count). The smallest absolute Gasteiger partial charge is 0.662 e. The summed E-state index contributed by atoms with van der Waals surface area (Å²) >= 11 is 0. The predicted octanol–water partition coefficient (Wildman–Crippen LogP) is -1.83. The van der Waals surface area contributed by atoms with E-state index in [1.807, 2.05) is 0 Å². The van der Waals surface area contributed by atoms with Gasteiger partial charge in [0.15, 0.2) is 0 Å². The Labute approximate surface area is 99.1 Å². The molecule has 0 unspecified atom stereocenters. The molecule has 1 fully saturated rings. The zero-order valence-electron chi connectivity index (χ0n) is 6.26. The van der Waals surface area contributed by atoms with E-state index >= 15 is 0 Å². The van der Waals surface area contributed by atoms with Crippen LogP contribution in [0.1, 0.15) is 12.8 Å². The van der Waals surface area contributed by atoms with Crippen LogP contribution >= 0.6 is 0 Å². The van der Waals surface area contributed by atoms with E-state index in [2.05, 4.69) is 5.32 Å². The van der Waals surface area contributed by atoms with Gasteiger partial charge in [-0.3, -0.25) is 0 Å². The van der Waals surface area contributed by atoms with E-state index in [9.17, 15) is 0 Å². The Bertz CT molecular complexity index is 64.1. The Hall–Kier alpha value is 1.56. The van der Waals surface area contributed by atoms with Crippen LogP contribution in [0.15, 0.2) is 0 Å². The molecule has 0 saturated carbocycles. The Morgan fingerprint density at radius 2 is 1.89 bits per heavy atom. The topological polar surface area (TPSA) is 23.3 Å². The number of hydrogen-bond donors (Lipinski definition) is 0. The fourth-order valence-corrected chi connectivity index (χ4v) is 0.962. The van der Waals surface area contributed by atoms with Gasteiger partial charge in [-0.25, -0.2) is 0 Å². The first kappa shape index (κ1) is 10.6. The largest absolute Gasteiger partial charge is 1.00 e. The minimum absolute atomic E-state index is 0. The first-order valence-corrected chi connectivity index (χ1v) is 3.09. The normalized spacial score (nSPS) is 21.0. The summed E-state index contributed by atoms with van der Waals surface area (Å²) < 4.78 is 5.13. The molecule has 1 saturated heterocycles. The molecule has 0 aromatic heterocycles. The van der Waals surface area contributed by atoms with Gasteiger partial charge in [0.25, 0.3) is 0 Å². The summed E-state index contributed by atoms with van der Waals surface area (Å²) in [7, 11) is 1.77. The van der Waals surface area contributed by atoms with Gasteiger partial charge in [0.05, 0.1) is 6.10 Å². The average Bonchev–Trinajstić information content (AvgIpc) is 1.90. The van der Waals surface area contributed by atoms with Crippen LogP contribution in [-0.2, 0) is 4.74 Å². The quantitative estimate of drug-likeness (QED) is 0.407. The molecule has 0 amide bonds. The number of hydrogen-bond acceptors (Lipinski definition) is 1. The maximum absolute atomic E-state index is 5.13. The summed E-state index contributed by atoms with van der Waals surface area (Å²) in [6.45, 7) is 2.00. The Balaban J connectivity index is 0.000000640. The molecular formula is C6H12KNO. The molecule has 1 aliphatic heterocycles. The van der Waals surface area contributed by atoms with Gasteiger partial charge in [-0.1, -0.05) is 0 Å². The van der Waals surface area contributed by atoms with Gasteiger partial charge < -0.3 is 10.1 Å². The number of rotatable bonds is 1. The predicted molar refractivity (Wildman–Crippen MR) is 33.1 cm³/mol. The first-order valence-electron chi connectivity index (χ1n) is 3.09. The van der Waals surface area contributed by atoms with E-state index in [0.717, 1.165) is 25.9 Å². The molecule has 0 aromatic carbocycles. The summed E-state index contributed by atoms with van der Waals surface area (Å²) in [5, 5.41) is 4.20. The molecule has 0 atom stereocenters. The number of ether oxygens (including phenoxy) is 1. The Morgan fingerprint density at radius 3 is 2.22 bits per heavy atom. The third-order valence-corrected chi connectivity index (χ3v) is 1.55. The van der Waals surface area contributed by atoms with Gasteiger partial charge in [0, 0.05) is 7.11 Å². The van der Waals surface area contributed by atoms with Gasteiger partial charge in [0.1, 0.15) is 0 Å². The summed E-state index contributed by atoms with van der Waals surface area (Å²) in [6.07, 6.45) is 2.74. The van der Waals surface area contributed by atoms with Crippen LogP contribution < -0.4 is 51.4 Å². The molecule has 1 heterocycles. The maximum Gasteiger partial charge on any atom is 1.00 e. The Kier molecular flexibility index (Phi) is 7.36. The summed E-state index contributed by atoms with van der Waals surface area (Å²) in [6, 6.07) is 0. The Morgan fingerprint density at radius 1 is 1.33 bits per heavy atom. The van der Waals surface area contributed by atoms with Crippen molar-refractivity contribution in [2.45, 2.75) is 18.9 Å². The van der Waals surface area contributed by atoms with Crippen LogP contribution in [0.2, 0.25) is 0 Å². The van der Waals surface area contributed by atoms with Crippen molar-refractivity contribution in [3.8, 4) is 0 Å². The van der Waals surface area contributed by atoms with Crippen molar-refractivity contribution < 1.29 is 56.1 Å². The number of piperidine rings is 1. The van der Waals surface area contributed by atoms with Crippen molar-refractivity contribution in [3.63, 3.8) is 0 Å². The molecule has 48 valence electrons. The van der Waals surface area contributed by atoms with E-state index in [4.69, 9.17) is 4.74 Å². The molecule has 2 nitrogen and oxygen atoms in total. The van der Waals surface area contributed by atoms with Crippen LogP contribution in [0, 0.1) is 0 Å². The van der Waals surface area contributed by atoms with Crippen LogP contribution in [0.5, 0.6) is 0 Å². The van der Waals surface area contributed by atoms with E-state index in [0.29, 0.717) is 6.10 Å². The fourth-order valence-electron chi connectivity index (χ4n) is 0.962. The monoisotopic (exact) mass is 153 g/mol. The third-order valence-electron chi connectivity index (χ3n) is 1.55. The van der Waals surface area contributed by atoms with Crippen molar-refractivity contribution in [1.82, 2.24) is 0 Å². The van der Waals surface area contributed by atoms with E-state index in [1.54, 1.807) is 7.11 Å². The molecule has 9 heavy (non-hydrogen) atoms. The van der Waals surface area contributed by atoms with Gasteiger partial charge in [-0.2, -0.15) is 0 Å². The maximum atomic E-state index is 5.13. The SMILES string of the molecule is COC1CC[N-]CC1.[K+]. The second-order valence-electron chi connectivity index (χ2n) is 2.11. The van der Waals surface area contributed by atoms with Gasteiger partial charge in [0.2, 0.25) is 0 Å². The van der Waals surface area contributed by atoms with Crippen LogP contribution in [-0.4, -0.2) is 26.3 Å². The standard InChI is InChI=1S/C6H12NO.K/c1-8-6-2-4-7-5-3-6;/h6H,2-5H2,1H3;/q-1;+1. The molecular weight excluding hydrogens is 141 g/mol. The zero-order valence-corrected chi connectivity index (χ0v) is 9.38. The van der Waals surface area contributed by atoms with Crippen LogP contribution in [0.3, 0.4) is 0 Å². The van der Waals surface area contributed by atoms with Crippen LogP contribution in [0.4, 0.5) is 0 Å². The van der Waals surface area contributed by atoms with Crippen molar-refractivity contribution in [2.75, 3.05) is 20.2 Å². The second kappa shape index (κ2) is 6.28. The number of methoxy groups -OCH3 is 1. The molecule has 0 aromatic rings. The second-order valence-corrected chi connectivity index (χ2v) is 2.11. The molecule has 0 spiro atoms. The minimum Gasteiger partial charge on any atom is -0.662 e. The molecule has 0 bridgehead atoms. The summed E-state index contributed by atoms with van der Waals surface area (Å²) in [5.41, 5.74) is 0. The van der Waals surface area contributed by atoms with Gasteiger partial charge >= 0.3 is 51.4 Å².